The van der Waals surface area contributed by atoms with Crippen molar-refractivity contribution < 1.29 is 9.59 Å². The number of hydrogen-bond donors (Lipinski definition) is 2. The lowest BCUT2D eigenvalue weighted by Crippen LogP contribution is -2.56. The highest BCUT2D eigenvalue weighted by molar-refractivity contribution is 5.86. The van der Waals surface area contributed by atoms with Crippen LogP contribution in [0, 0.1) is 0 Å². The van der Waals surface area contributed by atoms with Gasteiger partial charge in [-0.1, -0.05) is 0 Å². The van der Waals surface area contributed by atoms with E-state index in [4.69, 9.17) is 5.73 Å². The van der Waals surface area contributed by atoms with Crippen LogP contribution >= 0.6 is 0 Å². The number of nitrogens with zero attached hydrogens (tertiary/aromatic N) is 1. The minimum absolute atomic E-state index is 0.0243. The molecule has 0 saturated carbocycles. The van der Waals surface area contributed by atoms with Gasteiger partial charge in [-0.2, -0.15) is 0 Å². The molecule has 0 unspecified atom stereocenters. The predicted molar refractivity (Wildman–Crippen MR) is 66.3 cm³/mol. The van der Waals surface area contributed by atoms with Gasteiger partial charge in [0.1, 0.15) is 6.04 Å². The Hall–Kier alpha value is -1.10. The molecule has 1 heterocycles. The fourth-order valence-electron chi connectivity index (χ4n) is 2.39. The third kappa shape index (κ3) is 3.70. The van der Waals surface area contributed by atoms with Crippen molar-refractivity contribution in [2.45, 2.75) is 58.2 Å². The zero-order chi connectivity index (χ0) is 13.0. The normalized spacial score (nSPS) is 24.0. The highest BCUT2D eigenvalue weighted by Crippen LogP contribution is 2.19. The number of nitrogens with one attached hydrogen (secondary N) is 1. The number of nitrogens with two attached hydrogens (primary N) is 1. The van der Waals surface area contributed by atoms with Crippen molar-refractivity contribution in [2.75, 3.05) is 6.54 Å². The Kier molecular flexibility index (Phi) is 4.93. The zero-order valence-corrected chi connectivity index (χ0v) is 10.9. The van der Waals surface area contributed by atoms with Gasteiger partial charge in [0.2, 0.25) is 11.8 Å². The summed E-state index contributed by atoms with van der Waals surface area (Å²) in [6.45, 7) is 5.81. The van der Waals surface area contributed by atoms with E-state index >= 15 is 0 Å². The van der Waals surface area contributed by atoms with Gasteiger partial charge in [-0.05, 0) is 33.1 Å². The number of likely N-dealkylation sites (tertiary alicyclic amines) is 1. The average molecular weight is 241 g/mol. The number of amides is 2. The quantitative estimate of drug-likeness (QED) is 0.743. The van der Waals surface area contributed by atoms with Gasteiger partial charge >= 0.3 is 0 Å². The highest BCUT2D eigenvalue weighted by atomic mass is 16.2. The fourth-order valence-corrected chi connectivity index (χ4v) is 2.39. The van der Waals surface area contributed by atoms with E-state index < -0.39 is 6.04 Å². The lowest BCUT2D eigenvalue weighted by atomic mass is 9.96. The molecule has 0 aromatic heterocycles. The molecule has 98 valence electrons. The second-order valence-electron chi connectivity index (χ2n) is 4.88. The molecule has 3 atom stereocenters. The lowest BCUT2D eigenvalue weighted by Gasteiger charge is -2.39. The van der Waals surface area contributed by atoms with Crippen LogP contribution in [0.1, 0.15) is 40.0 Å². The third-order valence-electron chi connectivity index (χ3n) is 3.23. The molecule has 0 aromatic carbocycles. The topological polar surface area (TPSA) is 75.4 Å². The first kappa shape index (κ1) is 14.0. The van der Waals surface area contributed by atoms with Crippen molar-refractivity contribution in [2.24, 2.45) is 5.73 Å². The first-order valence-corrected chi connectivity index (χ1v) is 6.26. The third-order valence-corrected chi connectivity index (χ3v) is 3.23. The second kappa shape index (κ2) is 6.00. The van der Waals surface area contributed by atoms with Gasteiger partial charge in [-0.15, -0.1) is 0 Å². The summed E-state index contributed by atoms with van der Waals surface area (Å²) in [6.07, 6.45) is 3.09. The minimum atomic E-state index is -0.466. The van der Waals surface area contributed by atoms with E-state index in [1.165, 1.54) is 6.92 Å². The zero-order valence-electron chi connectivity index (χ0n) is 10.9. The molecule has 1 fully saturated rings. The number of carbonyl (C=O) groups is 2. The Bertz CT molecular complexity index is 291. The molecule has 1 rings (SSSR count). The molecule has 0 aliphatic carbocycles. The highest BCUT2D eigenvalue weighted by Gasteiger charge is 2.31. The van der Waals surface area contributed by atoms with Gasteiger partial charge in [0.15, 0.2) is 0 Å². The van der Waals surface area contributed by atoms with Gasteiger partial charge in [0.25, 0.3) is 0 Å². The van der Waals surface area contributed by atoms with Gasteiger partial charge in [-0.3, -0.25) is 9.59 Å². The van der Waals surface area contributed by atoms with Crippen LogP contribution in [-0.2, 0) is 9.59 Å². The Morgan fingerprint density at radius 1 is 1.35 bits per heavy atom. The molecule has 1 aliphatic heterocycles. The number of carbonyl (C=O) groups excluding carboxylic acids is 2. The van der Waals surface area contributed by atoms with Crippen LogP contribution < -0.4 is 11.1 Å². The van der Waals surface area contributed by atoms with Crippen LogP contribution in [0.25, 0.3) is 0 Å². The molecule has 5 nitrogen and oxygen atoms in total. The molecule has 0 bridgehead atoms. The molecule has 1 aliphatic rings. The van der Waals surface area contributed by atoms with Gasteiger partial charge in [0.05, 0.1) is 0 Å². The summed E-state index contributed by atoms with van der Waals surface area (Å²) in [6, 6.07) is -0.386. The molecular formula is C12H23N3O2. The van der Waals surface area contributed by atoms with E-state index in [9.17, 15) is 9.59 Å². The van der Waals surface area contributed by atoms with Crippen LogP contribution in [0.2, 0.25) is 0 Å². The van der Waals surface area contributed by atoms with Crippen molar-refractivity contribution in [3.63, 3.8) is 0 Å². The number of hydrogen-bond acceptors (Lipinski definition) is 3. The maximum Gasteiger partial charge on any atom is 0.245 e. The fraction of sp³-hybridized carbons (Fsp3) is 0.833. The Morgan fingerprint density at radius 2 is 2.00 bits per heavy atom. The van der Waals surface area contributed by atoms with Crippen molar-refractivity contribution in [1.29, 1.82) is 0 Å². The van der Waals surface area contributed by atoms with Crippen LogP contribution in [0.5, 0.6) is 0 Å². The SMILES string of the molecule is CC(=O)N[C@H](C)C(=O)N1CCCC[C@@H]1[C@H](C)N. The number of rotatable bonds is 3. The van der Waals surface area contributed by atoms with Crippen LogP contribution in [-0.4, -0.2) is 41.4 Å². The molecular weight excluding hydrogens is 218 g/mol. The summed E-state index contributed by atoms with van der Waals surface area (Å²) in [7, 11) is 0. The molecule has 17 heavy (non-hydrogen) atoms. The van der Waals surface area contributed by atoms with Crippen molar-refractivity contribution in [3.05, 3.63) is 0 Å². The van der Waals surface area contributed by atoms with Crippen molar-refractivity contribution >= 4 is 11.8 Å². The molecule has 0 aromatic rings. The Labute approximate surface area is 103 Å². The van der Waals surface area contributed by atoms with E-state index in [2.05, 4.69) is 5.32 Å². The molecule has 2 amide bonds. The summed E-state index contributed by atoms with van der Waals surface area (Å²) < 4.78 is 0. The van der Waals surface area contributed by atoms with Gasteiger partial charge in [-0.25, -0.2) is 0 Å². The largest absolute Gasteiger partial charge is 0.345 e. The minimum Gasteiger partial charge on any atom is -0.345 e. The molecule has 1 saturated heterocycles. The van der Waals surface area contributed by atoms with E-state index in [0.29, 0.717) is 0 Å². The summed E-state index contributed by atoms with van der Waals surface area (Å²) in [5, 5.41) is 2.63. The Morgan fingerprint density at radius 3 is 2.53 bits per heavy atom. The Balaban J connectivity index is 2.67. The van der Waals surface area contributed by atoms with E-state index in [1.807, 2.05) is 11.8 Å². The average Bonchev–Trinajstić information content (AvgIpc) is 2.27. The molecule has 0 radical (unpaired) electrons. The first-order chi connectivity index (χ1) is 7.93. The van der Waals surface area contributed by atoms with Crippen LogP contribution in [0.15, 0.2) is 0 Å². The van der Waals surface area contributed by atoms with E-state index in [0.717, 1.165) is 25.8 Å². The summed E-state index contributed by atoms with van der Waals surface area (Å²) in [5.74, 6) is -0.206. The van der Waals surface area contributed by atoms with Crippen LogP contribution in [0.3, 0.4) is 0 Å². The van der Waals surface area contributed by atoms with Crippen molar-refractivity contribution in [3.8, 4) is 0 Å². The van der Waals surface area contributed by atoms with E-state index in [-0.39, 0.29) is 23.9 Å². The monoisotopic (exact) mass is 241 g/mol. The maximum absolute atomic E-state index is 12.2. The smallest absolute Gasteiger partial charge is 0.245 e. The summed E-state index contributed by atoms with van der Waals surface area (Å²) in [5.41, 5.74) is 5.92. The number of piperidine rings is 1. The van der Waals surface area contributed by atoms with Gasteiger partial charge in [0, 0.05) is 25.6 Å². The molecule has 3 N–H and O–H groups in total. The molecule has 5 heteroatoms. The standard InChI is InChI=1S/C12H23N3O2/c1-8(13)11-6-4-5-7-15(11)12(17)9(2)14-10(3)16/h8-9,11H,4-7,13H2,1-3H3,(H,14,16)/t8-,9+,11+/m0/s1. The van der Waals surface area contributed by atoms with Gasteiger partial charge < -0.3 is 16.0 Å². The second-order valence-corrected chi connectivity index (χ2v) is 4.88. The molecule has 0 spiro atoms. The lowest BCUT2D eigenvalue weighted by molar-refractivity contribution is -0.139. The predicted octanol–water partition coefficient (Wildman–Crippen LogP) is 0.239. The summed E-state index contributed by atoms with van der Waals surface area (Å²) >= 11 is 0. The summed E-state index contributed by atoms with van der Waals surface area (Å²) in [4.78, 5) is 25.0. The van der Waals surface area contributed by atoms with Crippen LogP contribution in [0.4, 0.5) is 0 Å². The maximum atomic E-state index is 12.2. The first-order valence-electron chi connectivity index (χ1n) is 6.26. The van der Waals surface area contributed by atoms with E-state index in [1.54, 1.807) is 6.92 Å². The van der Waals surface area contributed by atoms with Crippen molar-refractivity contribution in [1.82, 2.24) is 10.2 Å².